The van der Waals surface area contributed by atoms with Gasteiger partial charge in [0.2, 0.25) is 0 Å². The standard InChI is InChI=1S/C17H34F3N5O2S.HI/c1-4-10-24(11-5-2)12-6-9-22-16(21-3)23-15-7-13-25(14-8-15)28(26,27)17(18,19)20;/h15H,4-14H2,1-3H3,(H2,21,22,23);1H. The van der Waals surface area contributed by atoms with Crippen LogP contribution >= 0.6 is 24.0 Å². The average Bonchev–Trinajstić information content (AvgIpc) is 2.64. The summed E-state index contributed by atoms with van der Waals surface area (Å²) in [5, 5.41) is 6.40. The molecule has 0 aliphatic carbocycles. The molecule has 1 heterocycles. The number of hydrogen-bond donors (Lipinski definition) is 2. The molecule has 0 radical (unpaired) electrons. The summed E-state index contributed by atoms with van der Waals surface area (Å²) >= 11 is 0. The number of sulfonamides is 1. The monoisotopic (exact) mass is 557 g/mol. The predicted molar refractivity (Wildman–Crippen MR) is 121 cm³/mol. The summed E-state index contributed by atoms with van der Waals surface area (Å²) in [6.07, 6.45) is 3.81. The van der Waals surface area contributed by atoms with Gasteiger partial charge in [-0.05, 0) is 51.7 Å². The molecule has 1 rings (SSSR count). The Hall–Kier alpha value is -0.340. The molecule has 7 nitrogen and oxygen atoms in total. The Kier molecular flexibility index (Phi) is 13.7. The SMILES string of the molecule is CCCN(CCC)CCCNC(=NC)NC1CCN(S(=O)(=O)C(F)(F)F)CC1.I. The molecule has 1 aliphatic rings. The van der Waals surface area contributed by atoms with Gasteiger partial charge in [-0.15, -0.1) is 24.0 Å². The molecule has 2 N–H and O–H groups in total. The number of nitrogens with one attached hydrogen (secondary N) is 2. The quantitative estimate of drug-likeness (QED) is 0.187. The molecular formula is C17H35F3IN5O2S. The summed E-state index contributed by atoms with van der Waals surface area (Å²) in [6, 6.07) is -0.109. The Balaban J connectivity index is 0.00000784. The fraction of sp³-hybridized carbons (Fsp3) is 0.941. The van der Waals surface area contributed by atoms with Gasteiger partial charge in [0, 0.05) is 32.7 Å². The number of nitrogens with zero attached hydrogens (tertiary/aromatic N) is 3. The first-order chi connectivity index (χ1) is 13.2. The Morgan fingerprint density at radius 1 is 1.14 bits per heavy atom. The van der Waals surface area contributed by atoms with E-state index in [1.807, 2.05) is 0 Å². The maximum absolute atomic E-state index is 12.6. The number of halogens is 4. The summed E-state index contributed by atoms with van der Waals surface area (Å²) in [7, 11) is -3.60. The fourth-order valence-electron chi connectivity index (χ4n) is 3.25. The molecule has 12 heteroatoms. The Morgan fingerprint density at radius 2 is 1.69 bits per heavy atom. The van der Waals surface area contributed by atoms with Crippen LogP contribution in [0.1, 0.15) is 46.0 Å². The number of hydrogen-bond acceptors (Lipinski definition) is 4. The van der Waals surface area contributed by atoms with Crippen molar-refractivity contribution in [2.24, 2.45) is 4.99 Å². The van der Waals surface area contributed by atoms with Crippen molar-refractivity contribution >= 4 is 40.0 Å². The maximum Gasteiger partial charge on any atom is 0.511 e. The average molecular weight is 557 g/mol. The van der Waals surface area contributed by atoms with E-state index in [1.165, 1.54) is 0 Å². The van der Waals surface area contributed by atoms with Gasteiger partial charge in [-0.3, -0.25) is 4.99 Å². The predicted octanol–water partition coefficient (Wildman–Crippen LogP) is 2.60. The Labute approximate surface area is 189 Å². The van der Waals surface area contributed by atoms with Crippen LogP contribution in [0.5, 0.6) is 0 Å². The fourth-order valence-corrected chi connectivity index (χ4v) is 4.24. The van der Waals surface area contributed by atoms with Gasteiger partial charge in [0.15, 0.2) is 5.96 Å². The number of alkyl halides is 3. The van der Waals surface area contributed by atoms with E-state index < -0.39 is 15.5 Å². The van der Waals surface area contributed by atoms with E-state index in [2.05, 4.69) is 34.4 Å². The molecule has 174 valence electrons. The van der Waals surface area contributed by atoms with Crippen molar-refractivity contribution in [2.75, 3.05) is 46.3 Å². The highest BCUT2D eigenvalue weighted by molar-refractivity contribution is 14.0. The van der Waals surface area contributed by atoms with Gasteiger partial charge in [0.05, 0.1) is 0 Å². The van der Waals surface area contributed by atoms with E-state index >= 15 is 0 Å². The molecule has 1 saturated heterocycles. The van der Waals surface area contributed by atoms with Crippen LogP contribution in [0.4, 0.5) is 13.2 Å². The van der Waals surface area contributed by atoms with Crippen LogP contribution in [0.25, 0.3) is 0 Å². The molecule has 0 bridgehead atoms. The van der Waals surface area contributed by atoms with Crippen LogP contribution in [0.3, 0.4) is 0 Å². The highest BCUT2D eigenvalue weighted by Gasteiger charge is 2.50. The molecule has 0 spiro atoms. The summed E-state index contributed by atoms with van der Waals surface area (Å²) in [5.41, 5.74) is -5.24. The van der Waals surface area contributed by atoms with E-state index in [9.17, 15) is 21.6 Å². The van der Waals surface area contributed by atoms with Gasteiger partial charge in [-0.25, -0.2) is 8.42 Å². The third kappa shape index (κ3) is 9.55. The first-order valence-corrected chi connectivity index (χ1v) is 11.4. The first kappa shape index (κ1) is 28.7. The van der Waals surface area contributed by atoms with E-state index in [1.54, 1.807) is 7.05 Å². The van der Waals surface area contributed by atoms with Crippen LogP contribution in [-0.2, 0) is 10.0 Å². The van der Waals surface area contributed by atoms with Gasteiger partial charge in [0.25, 0.3) is 0 Å². The zero-order valence-electron chi connectivity index (χ0n) is 17.5. The Morgan fingerprint density at radius 3 is 2.14 bits per heavy atom. The normalized spacial score (nSPS) is 17.3. The molecule has 0 aromatic heterocycles. The van der Waals surface area contributed by atoms with Gasteiger partial charge in [-0.2, -0.15) is 17.5 Å². The summed E-state index contributed by atoms with van der Waals surface area (Å²) < 4.78 is 61.3. The minimum Gasteiger partial charge on any atom is -0.356 e. The number of piperidine rings is 1. The number of rotatable bonds is 10. The minimum atomic E-state index is -5.24. The van der Waals surface area contributed by atoms with Crippen LogP contribution in [0.2, 0.25) is 0 Å². The van der Waals surface area contributed by atoms with E-state index in [4.69, 9.17) is 0 Å². The van der Waals surface area contributed by atoms with Crippen molar-refractivity contribution in [3.05, 3.63) is 0 Å². The zero-order chi connectivity index (χ0) is 21.2. The van der Waals surface area contributed by atoms with Gasteiger partial charge < -0.3 is 15.5 Å². The van der Waals surface area contributed by atoms with Crippen molar-refractivity contribution in [2.45, 2.75) is 57.5 Å². The van der Waals surface area contributed by atoms with Crippen molar-refractivity contribution in [1.82, 2.24) is 19.8 Å². The molecule has 29 heavy (non-hydrogen) atoms. The van der Waals surface area contributed by atoms with Gasteiger partial charge in [-0.1, -0.05) is 13.8 Å². The lowest BCUT2D eigenvalue weighted by molar-refractivity contribution is -0.0494. The van der Waals surface area contributed by atoms with Crippen molar-refractivity contribution < 1.29 is 21.6 Å². The zero-order valence-corrected chi connectivity index (χ0v) is 20.6. The van der Waals surface area contributed by atoms with Crippen molar-refractivity contribution in [3.63, 3.8) is 0 Å². The van der Waals surface area contributed by atoms with E-state index in [0.29, 0.717) is 23.1 Å². The number of aliphatic imine (C=N–C) groups is 1. The van der Waals surface area contributed by atoms with E-state index in [0.717, 1.165) is 45.4 Å². The highest BCUT2D eigenvalue weighted by Crippen LogP contribution is 2.28. The Bertz CT molecular complexity index is 576. The minimum absolute atomic E-state index is 0. The summed E-state index contributed by atoms with van der Waals surface area (Å²) in [5.74, 6) is 0.592. The number of guanidine groups is 1. The second-order valence-electron chi connectivity index (χ2n) is 6.96. The van der Waals surface area contributed by atoms with Crippen molar-refractivity contribution in [3.8, 4) is 0 Å². The van der Waals surface area contributed by atoms with Crippen LogP contribution in [-0.4, -0.2) is 81.4 Å². The molecule has 1 aliphatic heterocycles. The first-order valence-electron chi connectivity index (χ1n) is 9.91. The smallest absolute Gasteiger partial charge is 0.356 e. The van der Waals surface area contributed by atoms with Crippen LogP contribution < -0.4 is 10.6 Å². The maximum atomic E-state index is 12.6. The third-order valence-electron chi connectivity index (χ3n) is 4.67. The molecule has 0 unspecified atom stereocenters. The molecular weight excluding hydrogens is 522 g/mol. The lowest BCUT2D eigenvalue weighted by Crippen LogP contribution is -2.51. The lowest BCUT2D eigenvalue weighted by atomic mass is 10.1. The van der Waals surface area contributed by atoms with Crippen molar-refractivity contribution in [1.29, 1.82) is 0 Å². The largest absolute Gasteiger partial charge is 0.511 e. The lowest BCUT2D eigenvalue weighted by Gasteiger charge is -2.32. The van der Waals surface area contributed by atoms with Crippen LogP contribution in [0.15, 0.2) is 4.99 Å². The van der Waals surface area contributed by atoms with Gasteiger partial charge >= 0.3 is 15.5 Å². The molecule has 0 aromatic rings. The highest BCUT2D eigenvalue weighted by atomic mass is 127. The summed E-state index contributed by atoms with van der Waals surface area (Å²) in [6.45, 7) is 7.93. The molecule has 0 atom stereocenters. The van der Waals surface area contributed by atoms with Gasteiger partial charge in [0.1, 0.15) is 0 Å². The van der Waals surface area contributed by atoms with E-state index in [-0.39, 0.29) is 43.1 Å². The second kappa shape index (κ2) is 13.9. The molecule has 0 aromatic carbocycles. The molecule has 1 fully saturated rings. The topological polar surface area (TPSA) is 77.0 Å². The summed E-state index contributed by atoms with van der Waals surface area (Å²) in [4.78, 5) is 6.57. The third-order valence-corrected chi connectivity index (χ3v) is 6.30. The molecule has 0 amide bonds. The second-order valence-corrected chi connectivity index (χ2v) is 8.89. The molecule has 0 saturated carbocycles. The van der Waals surface area contributed by atoms with Crippen LogP contribution in [0, 0.1) is 0 Å².